The molecule has 6 heteroatoms. The fourth-order valence-corrected chi connectivity index (χ4v) is 2.69. The van der Waals surface area contributed by atoms with Crippen molar-refractivity contribution in [2.24, 2.45) is 0 Å². The third-order valence-electron chi connectivity index (χ3n) is 3.21. The SMILES string of the molecule is CN1CC(S)CC1C(=O)Nc1cccc(C(=O)O)c1. The Balaban J connectivity index is 2.07. The number of aromatic carboxylic acids is 1. The van der Waals surface area contributed by atoms with Gasteiger partial charge in [0.05, 0.1) is 11.6 Å². The molecule has 0 bridgehead atoms. The van der Waals surface area contributed by atoms with E-state index in [1.165, 1.54) is 12.1 Å². The summed E-state index contributed by atoms with van der Waals surface area (Å²) >= 11 is 4.38. The van der Waals surface area contributed by atoms with E-state index >= 15 is 0 Å². The Labute approximate surface area is 117 Å². The number of hydrogen-bond acceptors (Lipinski definition) is 4. The number of rotatable bonds is 3. The number of carboxylic acids is 1. The number of carbonyl (C=O) groups is 2. The predicted octanol–water partition coefficient (Wildman–Crippen LogP) is 1.33. The summed E-state index contributed by atoms with van der Waals surface area (Å²) in [6.45, 7) is 0.774. The second-order valence-electron chi connectivity index (χ2n) is 4.72. The Morgan fingerprint density at radius 2 is 2.21 bits per heavy atom. The molecule has 2 N–H and O–H groups in total. The zero-order chi connectivity index (χ0) is 14.0. The van der Waals surface area contributed by atoms with Crippen molar-refractivity contribution in [3.8, 4) is 0 Å². The van der Waals surface area contributed by atoms with Gasteiger partial charge in [-0.2, -0.15) is 12.6 Å². The van der Waals surface area contributed by atoms with E-state index in [0.717, 1.165) is 6.54 Å². The van der Waals surface area contributed by atoms with E-state index in [2.05, 4.69) is 17.9 Å². The minimum Gasteiger partial charge on any atom is -0.478 e. The highest BCUT2D eigenvalue weighted by molar-refractivity contribution is 7.81. The van der Waals surface area contributed by atoms with Crippen LogP contribution >= 0.6 is 12.6 Å². The Morgan fingerprint density at radius 3 is 2.79 bits per heavy atom. The number of benzene rings is 1. The van der Waals surface area contributed by atoms with Crippen molar-refractivity contribution >= 4 is 30.2 Å². The summed E-state index contributed by atoms with van der Waals surface area (Å²) in [7, 11) is 1.88. The molecule has 1 aromatic rings. The molecule has 0 saturated carbocycles. The first-order chi connectivity index (χ1) is 8.97. The molecule has 0 spiro atoms. The lowest BCUT2D eigenvalue weighted by Crippen LogP contribution is -2.37. The second-order valence-corrected chi connectivity index (χ2v) is 5.45. The molecule has 2 atom stereocenters. The largest absolute Gasteiger partial charge is 0.478 e. The van der Waals surface area contributed by atoms with Crippen LogP contribution in [0.3, 0.4) is 0 Å². The number of carboxylic acid groups (broad SMARTS) is 1. The van der Waals surface area contributed by atoms with Crippen molar-refractivity contribution in [1.29, 1.82) is 0 Å². The van der Waals surface area contributed by atoms with Crippen LogP contribution in [0.4, 0.5) is 5.69 Å². The number of thiol groups is 1. The van der Waals surface area contributed by atoms with Gasteiger partial charge < -0.3 is 10.4 Å². The molecule has 0 aliphatic carbocycles. The maximum Gasteiger partial charge on any atom is 0.335 e. The topological polar surface area (TPSA) is 69.6 Å². The summed E-state index contributed by atoms with van der Waals surface area (Å²) in [6, 6.07) is 6.02. The van der Waals surface area contributed by atoms with Gasteiger partial charge in [0.2, 0.25) is 5.91 Å². The van der Waals surface area contributed by atoms with Crippen LogP contribution in [0.2, 0.25) is 0 Å². The maximum absolute atomic E-state index is 12.1. The van der Waals surface area contributed by atoms with Crippen molar-refractivity contribution in [2.75, 3.05) is 18.9 Å². The molecule has 1 heterocycles. The normalized spacial score (nSPS) is 23.3. The first kappa shape index (κ1) is 13.9. The molecular weight excluding hydrogens is 264 g/mol. The molecule has 19 heavy (non-hydrogen) atoms. The zero-order valence-corrected chi connectivity index (χ0v) is 11.4. The lowest BCUT2D eigenvalue weighted by molar-refractivity contribution is -0.119. The number of nitrogens with one attached hydrogen (secondary N) is 1. The van der Waals surface area contributed by atoms with E-state index in [9.17, 15) is 9.59 Å². The molecule has 1 amide bonds. The number of likely N-dealkylation sites (tertiary alicyclic amines) is 1. The first-order valence-electron chi connectivity index (χ1n) is 6.00. The van der Waals surface area contributed by atoms with E-state index in [-0.39, 0.29) is 22.8 Å². The summed E-state index contributed by atoms with van der Waals surface area (Å²) in [6.07, 6.45) is 0.698. The molecule has 0 aromatic heterocycles. The Hall–Kier alpha value is -1.53. The Kier molecular flexibility index (Phi) is 4.11. The first-order valence-corrected chi connectivity index (χ1v) is 6.51. The average molecular weight is 280 g/mol. The molecule has 5 nitrogen and oxygen atoms in total. The lowest BCUT2D eigenvalue weighted by atomic mass is 10.1. The highest BCUT2D eigenvalue weighted by Gasteiger charge is 2.32. The van der Waals surface area contributed by atoms with Crippen LogP contribution < -0.4 is 5.32 Å². The molecule has 1 fully saturated rings. The molecule has 1 aliphatic rings. The van der Waals surface area contributed by atoms with Gasteiger partial charge in [-0.3, -0.25) is 9.69 Å². The van der Waals surface area contributed by atoms with Crippen LogP contribution in [0.25, 0.3) is 0 Å². The predicted molar refractivity (Wildman–Crippen MR) is 75.8 cm³/mol. The van der Waals surface area contributed by atoms with Gasteiger partial charge in [-0.25, -0.2) is 4.79 Å². The van der Waals surface area contributed by atoms with Crippen molar-refractivity contribution in [3.63, 3.8) is 0 Å². The minimum atomic E-state index is -1.01. The third kappa shape index (κ3) is 3.27. The van der Waals surface area contributed by atoms with Gasteiger partial charge in [0.1, 0.15) is 0 Å². The molecule has 2 rings (SSSR count). The number of hydrogen-bond donors (Lipinski definition) is 3. The fraction of sp³-hybridized carbons (Fsp3) is 0.385. The Bertz CT molecular complexity index is 506. The van der Waals surface area contributed by atoms with Gasteiger partial charge in [-0.15, -0.1) is 0 Å². The molecule has 102 valence electrons. The second kappa shape index (κ2) is 5.63. The van der Waals surface area contributed by atoms with Gasteiger partial charge in [-0.1, -0.05) is 6.07 Å². The van der Waals surface area contributed by atoms with E-state index in [0.29, 0.717) is 12.1 Å². The van der Waals surface area contributed by atoms with Gasteiger partial charge >= 0.3 is 5.97 Å². The van der Waals surface area contributed by atoms with E-state index < -0.39 is 5.97 Å². The van der Waals surface area contributed by atoms with E-state index in [4.69, 9.17) is 5.11 Å². The van der Waals surface area contributed by atoms with Gasteiger partial charge in [0.15, 0.2) is 0 Å². The fourth-order valence-electron chi connectivity index (χ4n) is 2.23. The van der Waals surface area contributed by atoms with Crippen LogP contribution in [0, 0.1) is 0 Å². The molecule has 1 saturated heterocycles. The van der Waals surface area contributed by atoms with E-state index in [1.54, 1.807) is 12.1 Å². The Morgan fingerprint density at radius 1 is 1.47 bits per heavy atom. The summed E-state index contributed by atoms with van der Waals surface area (Å²) in [5.41, 5.74) is 0.658. The summed E-state index contributed by atoms with van der Waals surface area (Å²) in [5.74, 6) is -1.13. The minimum absolute atomic E-state index is 0.124. The number of amides is 1. The van der Waals surface area contributed by atoms with Crippen molar-refractivity contribution in [3.05, 3.63) is 29.8 Å². The van der Waals surface area contributed by atoms with E-state index in [1.807, 2.05) is 11.9 Å². The van der Waals surface area contributed by atoms with Crippen LogP contribution in [-0.2, 0) is 4.79 Å². The maximum atomic E-state index is 12.1. The third-order valence-corrected chi connectivity index (χ3v) is 3.58. The van der Waals surface area contributed by atoms with Gasteiger partial charge in [0.25, 0.3) is 0 Å². The highest BCUT2D eigenvalue weighted by Crippen LogP contribution is 2.21. The monoisotopic (exact) mass is 280 g/mol. The molecular formula is C13H16N2O3S. The smallest absolute Gasteiger partial charge is 0.335 e. The van der Waals surface area contributed by atoms with Crippen LogP contribution in [0.5, 0.6) is 0 Å². The molecule has 1 aromatic carbocycles. The van der Waals surface area contributed by atoms with Crippen molar-refractivity contribution in [1.82, 2.24) is 4.90 Å². The van der Waals surface area contributed by atoms with Gasteiger partial charge in [-0.05, 0) is 31.7 Å². The van der Waals surface area contributed by atoms with Gasteiger partial charge in [0, 0.05) is 17.5 Å². The van der Waals surface area contributed by atoms with Crippen LogP contribution in [0.15, 0.2) is 24.3 Å². The molecule has 1 aliphatic heterocycles. The molecule has 0 radical (unpaired) electrons. The quantitative estimate of drug-likeness (QED) is 0.731. The average Bonchev–Trinajstić information content (AvgIpc) is 2.69. The summed E-state index contributed by atoms with van der Waals surface area (Å²) in [5, 5.41) is 11.9. The number of anilines is 1. The lowest BCUT2D eigenvalue weighted by Gasteiger charge is -2.18. The summed E-state index contributed by atoms with van der Waals surface area (Å²) < 4.78 is 0. The van der Waals surface area contributed by atoms with Crippen LogP contribution in [0.1, 0.15) is 16.8 Å². The number of carbonyl (C=O) groups excluding carboxylic acids is 1. The number of nitrogens with zero attached hydrogens (tertiary/aromatic N) is 1. The standard InChI is InChI=1S/C13H16N2O3S/c1-15-7-10(19)6-11(15)12(16)14-9-4-2-3-8(5-9)13(17)18/h2-5,10-11,19H,6-7H2,1H3,(H,14,16)(H,17,18). The summed E-state index contributed by atoms with van der Waals surface area (Å²) in [4.78, 5) is 24.9. The van der Waals surface area contributed by atoms with Crippen molar-refractivity contribution in [2.45, 2.75) is 17.7 Å². The number of likely N-dealkylation sites (N-methyl/N-ethyl adjacent to an activating group) is 1. The zero-order valence-electron chi connectivity index (χ0n) is 10.5. The van der Waals surface area contributed by atoms with Crippen molar-refractivity contribution < 1.29 is 14.7 Å². The van der Waals surface area contributed by atoms with Crippen LogP contribution in [-0.4, -0.2) is 46.8 Å². The molecule has 2 unspecified atom stereocenters. The highest BCUT2D eigenvalue weighted by atomic mass is 32.1.